The zero-order valence-corrected chi connectivity index (χ0v) is 31.7. The number of carbonyl (C=O) groups excluding carboxylic acids is 2. The predicted octanol–water partition coefficient (Wildman–Crippen LogP) is 11.0. The molecule has 248 valence electrons. The maximum Gasteiger partial charge on any atom is 0.193 e. The smallest absolute Gasteiger partial charge is 0.193 e. The zero-order valence-electron chi connectivity index (χ0n) is 28.5. The first-order valence-corrected chi connectivity index (χ1v) is 18.9. The molecule has 0 N–H and O–H groups in total. The summed E-state index contributed by atoms with van der Waals surface area (Å²) in [6.07, 6.45) is 16.6. The van der Waals surface area contributed by atoms with Crippen LogP contribution >= 0.6 is 31.9 Å². The van der Waals surface area contributed by atoms with Gasteiger partial charge in [-0.25, -0.2) is 0 Å². The van der Waals surface area contributed by atoms with Gasteiger partial charge in [-0.15, -0.1) is 0 Å². The first kappa shape index (κ1) is 35.4. The van der Waals surface area contributed by atoms with E-state index in [2.05, 4.69) is 82.1 Å². The molecule has 4 nitrogen and oxygen atoms in total. The summed E-state index contributed by atoms with van der Waals surface area (Å²) in [6.45, 7) is 12.2. The van der Waals surface area contributed by atoms with Crippen molar-refractivity contribution < 1.29 is 19.1 Å². The summed E-state index contributed by atoms with van der Waals surface area (Å²) in [5.41, 5.74) is 4.36. The standard InChI is InChI=1S/2C20H25BrO2/c1-4-14-12-16(21)9-8-15(14)13-17-18(22)19(2,3)23-20(17)10-6-5-7-11-20;1-4-14-12-16(21)9-8-15(14)13-17-18(22)20(23-19(17,2)3)10-6-5-7-11-20/h2*8-9,12-13H,4-7,10-11H2,1-3H3. The SMILES string of the molecule is CCc1cc(Br)ccc1C=C1C(=O)C(C)(C)OC12CCCCC2.CCc1cc(Br)ccc1C=C1C(=O)C2(CCCCC2)OC1(C)C. The summed E-state index contributed by atoms with van der Waals surface area (Å²) >= 11 is 7.07. The van der Waals surface area contributed by atoms with Crippen molar-refractivity contribution in [2.75, 3.05) is 0 Å². The van der Waals surface area contributed by atoms with Gasteiger partial charge in [0.05, 0.1) is 11.2 Å². The fourth-order valence-electron chi connectivity index (χ4n) is 7.97. The van der Waals surface area contributed by atoms with E-state index in [0.717, 1.165) is 95.4 Å². The van der Waals surface area contributed by atoms with Gasteiger partial charge in [0.15, 0.2) is 11.6 Å². The molecule has 2 aliphatic carbocycles. The van der Waals surface area contributed by atoms with Crippen LogP contribution in [0, 0.1) is 0 Å². The molecular weight excluding hydrogens is 704 g/mol. The molecule has 2 spiro atoms. The Kier molecular flexibility index (Phi) is 10.7. The average Bonchev–Trinajstić information content (AvgIpc) is 3.31. The van der Waals surface area contributed by atoms with Crippen molar-refractivity contribution in [3.05, 3.63) is 78.7 Å². The molecule has 6 heteroatoms. The van der Waals surface area contributed by atoms with E-state index in [-0.39, 0.29) is 17.2 Å². The molecular formula is C40H50Br2O4. The van der Waals surface area contributed by atoms with Crippen molar-refractivity contribution in [2.45, 2.75) is 141 Å². The van der Waals surface area contributed by atoms with E-state index in [0.29, 0.717) is 0 Å². The third kappa shape index (κ3) is 7.11. The van der Waals surface area contributed by atoms with Crippen molar-refractivity contribution in [1.82, 2.24) is 0 Å². The lowest BCUT2D eigenvalue weighted by Crippen LogP contribution is -2.39. The average molecular weight is 755 g/mol. The summed E-state index contributed by atoms with van der Waals surface area (Å²) < 4.78 is 14.8. The third-order valence-corrected chi connectivity index (χ3v) is 11.4. The Morgan fingerprint density at radius 1 is 0.609 bits per heavy atom. The van der Waals surface area contributed by atoms with Crippen LogP contribution in [0.15, 0.2) is 56.5 Å². The van der Waals surface area contributed by atoms with E-state index < -0.39 is 16.8 Å². The second-order valence-corrected chi connectivity index (χ2v) is 16.3. The summed E-state index contributed by atoms with van der Waals surface area (Å²) in [5, 5.41) is 0. The topological polar surface area (TPSA) is 52.6 Å². The number of ketones is 2. The molecule has 2 saturated carbocycles. The Bertz CT molecular complexity index is 1530. The van der Waals surface area contributed by atoms with Crippen LogP contribution in [0.1, 0.15) is 128 Å². The van der Waals surface area contributed by atoms with Crippen molar-refractivity contribution in [3.63, 3.8) is 0 Å². The number of ether oxygens (including phenoxy) is 2. The van der Waals surface area contributed by atoms with Crippen LogP contribution < -0.4 is 0 Å². The van der Waals surface area contributed by atoms with E-state index in [4.69, 9.17) is 9.47 Å². The lowest BCUT2D eigenvalue weighted by molar-refractivity contribution is -0.143. The van der Waals surface area contributed by atoms with Crippen LogP contribution in [0.5, 0.6) is 0 Å². The van der Waals surface area contributed by atoms with Crippen LogP contribution in [0.2, 0.25) is 0 Å². The number of rotatable bonds is 4. The molecule has 0 radical (unpaired) electrons. The highest BCUT2D eigenvalue weighted by molar-refractivity contribution is 9.10. The monoisotopic (exact) mass is 752 g/mol. The molecule has 2 aliphatic heterocycles. The van der Waals surface area contributed by atoms with Crippen LogP contribution in [-0.4, -0.2) is 34.0 Å². The second-order valence-electron chi connectivity index (χ2n) is 14.5. The molecule has 0 atom stereocenters. The predicted molar refractivity (Wildman–Crippen MR) is 195 cm³/mol. The number of halogens is 2. The van der Waals surface area contributed by atoms with Crippen molar-refractivity contribution in [1.29, 1.82) is 0 Å². The Morgan fingerprint density at radius 2 is 1.04 bits per heavy atom. The molecule has 2 aromatic rings. The molecule has 2 heterocycles. The van der Waals surface area contributed by atoms with Gasteiger partial charge in [-0.3, -0.25) is 9.59 Å². The normalized spacial score (nSPS) is 24.5. The van der Waals surface area contributed by atoms with Crippen LogP contribution in [0.3, 0.4) is 0 Å². The van der Waals surface area contributed by atoms with Crippen LogP contribution in [-0.2, 0) is 31.9 Å². The molecule has 4 fully saturated rings. The van der Waals surface area contributed by atoms with Gasteiger partial charge in [-0.2, -0.15) is 0 Å². The van der Waals surface area contributed by atoms with Gasteiger partial charge in [-0.1, -0.05) is 96.4 Å². The fraction of sp³-hybridized carbons (Fsp3) is 0.550. The van der Waals surface area contributed by atoms with Gasteiger partial charge in [0, 0.05) is 20.1 Å². The molecule has 0 bridgehead atoms. The Balaban J connectivity index is 0.000000181. The summed E-state index contributed by atoms with van der Waals surface area (Å²) in [6, 6.07) is 12.6. The Labute approximate surface area is 293 Å². The quantitative estimate of drug-likeness (QED) is 0.292. The maximum absolute atomic E-state index is 13.2. The van der Waals surface area contributed by atoms with E-state index >= 15 is 0 Å². The van der Waals surface area contributed by atoms with Crippen molar-refractivity contribution in [3.8, 4) is 0 Å². The lowest BCUT2D eigenvalue weighted by atomic mass is 9.77. The lowest BCUT2D eigenvalue weighted by Gasteiger charge is -2.35. The number of hydrogen-bond acceptors (Lipinski definition) is 4. The molecule has 2 saturated heterocycles. The molecule has 6 rings (SSSR count). The van der Waals surface area contributed by atoms with Crippen LogP contribution in [0.25, 0.3) is 12.2 Å². The maximum atomic E-state index is 13.2. The molecule has 0 aromatic heterocycles. The van der Waals surface area contributed by atoms with Crippen molar-refractivity contribution >= 4 is 55.6 Å². The zero-order chi connectivity index (χ0) is 33.3. The number of Topliss-reactive ketones (excluding diaryl/α,β-unsaturated/α-hetero) is 2. The highest BCUT2D eigenvalue weighted by atomic mass is 79.9. The van der Waals surface area contributed by atoms with Gasteiger partial charge < -0.3 is 9.47 Å². The minimum atomic E-state index is -0.703. The van der Waals surface area contributed by atoms with Gasteiger partial charge >= 0.3 is 0 Å². The van der Waals surface area contributed by atoms with Crippen molar-refractivity contribution in [2.24, 2.45) is 0 Å². The molecule has 4 aliphatic rings. The summed E-state index contributed by atoms with van der Waals surface area (Å²) in [5.74, 6) is 0.372. The summed E-state index contributed by atoms with van der Waals surface area (Å²) in [4.78, 5) is 26.1. The second kappa shape index (κ2) is 13.9. The van der Waals surface area contributed by atoms with Gasteiger partial charge in [0.2, 0.25) is 0 Å². The van der Waals surface area contributed by atoms with Gasteiger partial charge in [0.1, 0.15) is 11.2 Å². The number of benzene rings is 2. The molecule has 0 unspecified atom stereocenters. The fourth-order valence-corrected chi connectivity index (χ4v) is 8.78. The van der Waals surface area contributed by atoms with Crippen LogP contribution in [0.4, 0.5) is 0 Å². The third-order valence-electron chi connectivity index (χ3n) is 10.4. The molecule has 2 aromatic carbocycles. The minimum Gasteiger partial charge on any atom is -0.356 e. The highest BCUT2D eigenvalue weighted by Crippen LogP contribution is 2.49. The van der Waals surface area contributed by atoms with Gasteiger partial charge in [0.25, 0.3) is 0 Å². The van der Waals surface area contributed by atoms with E-state index in [1.165, 1.54) is 24.0 Å². The van der Waals surface area contributed by atoms with E-state index in [9.17, 15) is 9.59 Å². The highest BCUT2D eigenvalue weighted by Gasteiger charge is 2.55. The van der Waals surface area contributed by atoms with E-state index in [1.54, 1.807) is 0 Å². The van der Waals surface area contributed by atoms with E-state index in [1.807, 2.05) is 39.8 Å². The first-order chi connectivity index (χ1) is 21.8. The summed E-state index contributed by atoms with van der Waals surface area (Å²) in [7, 11) is 0. The molecule has 0 amide bonds. The Hall–Kier alpha value is -1.86. The minimum absolute atomic E-state index is 0.157. The number of hydrogen-bond donors (Lipinski definition) is 0. The largest absolute Gasteiger partial charge is 0.356 e. The first-order valence-electron chi connectivity index (χ1n) is 17.3. The Morgan fingerprint density at radius 3 is 1.52 bits per heavy atom. The number of aryl methyl sites for hydroxylation is 2. The number of carbonyl (C=O) groups is 2. The van der Waals surface area contributed by atoms with Gasteiger partial charge in [-0.05, 0) is 125 Å². The molecule has 46 heavy (non-hydrogen) atoms.